The molecule has 1 aromatic carbocycles. The summed E-state index contributed by atoms with van der Waals surface area (Å²) >= 11 is 0. The first kappa shape index (κ1) is 13.7. The molecule has 1 fully saturated rings. The predicted octanol–water partition coefficient (Wildman–Crippen LogP) is 5.88. The summed E-state index contributed by atoms with van der Waals surface area (Å²) in [5.74, 6) is 0. The molecule has 1 aliphatic rings. The van der Waals surface area contributed by atoms with Gasteiger partial charge in [-0.2, -0.15) is 0 Å². The summed E-state index contributed by atoms with van der Waals surface area (Å²) in [5, 5.41) is 1.43. The largest absolute Gasteiger partial charge is 0.342 e. The molecule has 1 nitrogen and oxygen atoms in total. The Bertz CT molecular complexity index is 546. The summed E-state index contributed by atoms with van der Waals surface area (Å²) in [6.45, 7) is 2.29. The molecule has 20 heavy (non-hydrogen) atoms. The molecule has 0 amide bonds. The summed E-state index contributed by atoms with van der Waals surface area (Å²) in [6, 6.07) is 12.1. The highest BCUT2D eigenvalue weighted by molar-refractivity contribution is 5.81. The summed E-state index contributed by atoms with van der Waals surface area (Å²) in [7, 11) is 0. The molecule has 0 radical (unpaired) electrons. The highest BCUT2D eigenvalue weighted by Crippen LogP contribution is 2.34. The van der Waals surface area contributed by atoms with Gasteiger partial charge in [-0.05, 0) is 43.2 Å². The summed E-state index contributed by atoms with van der Waals surface area (Å²) in [6.07, 6.45) is 12.2. The van der Waals surface area contributed by atoms with E-state index in [0.717, 1.165) is 6.04 Å². The van der Waals surface area contributed by atoms with Gasteiger partial charge in [-0.15, -0.1) is 0 Å². The fourth-order valence-corrected chi connectivity index (χ4v) is 3.75. The summed E-state index contributed by atoms with van der Waals surface area (Å²) in [5.41, 5.74) is 3.04. The molecular weight excluding hydrogens is 242 g/mol. The van der Waals surface area contributed by atoms with Crippen molar-refractivity contribution in [3.8, 4) is 0 Å². The van der Waals surface area contributed by atoms with Crippen LogP contribution in [0, 0.1) is 0 Å². The number of rotatable bonds is 5. The zero-order chi connectivity index (χ0) is 13.8. The average molecular weight is 269 g/mol. The number of hydrogen-bond donors (Lipinski definition) is 0. The first-order valence-electron chi connectivity index (χ1n) is 8.49. The fraction of sp³-hybridized carbons (Fsp3) is 0.579. The summed E-state index contributed by atoms with van der Waals surface area (Å²) < 4.78 is 2.68. The number of hydrogen-bond acceptors (Lipinski definition) is 0. The highest BCUT2D eigenvalue weighted by Gasteiger charge is 2.19. The predicted molar refractivity (Wildman–Crippen MR) is 87.3 cm³/mol. The minimum atomic E-state index is 0.750. The van der Waals surface area contributed by atoms with Gasteiger partial charge >= 0.3 is 0 Å². The maximum Gasteiger partial charge on any atom is 0.0485 e. The van der Waals surface area contributed by atoms with Gasteiger partial charge in [0.15, 0.2) is 0 Å². The fourth-order valence-electron chi connectivity index (χ4n) is 3.75. The van der Waals surface area contributed by atoms with Crippen molar-refractivity contribution in [1.29, 1.82) is 0 Å². The molecule has 0 spiro atoms. The molecular formula is C19H27N. The van der Waals surface area contributed by atoms with Crippen LogP contribution in [0.3, 0.4) is 0 Å². The van der Waals surface area contributed by atoms with E-state index in [0.29, 0.717) is 0 Å². The molecule has 0 bridgehead atoms. The molecule has 1 heterocycles. The van der Waals surface area contributed by atoms with Crippen LogP contribution in [0.15, 0.2) is 30.3 Å². The molecule has 1 aliphatic carbocycles. The molecule has 0 atom stereocenters. The average Bonchev–Trinajstić information content (AvgIpc) is 2.86. The number of aryl methyl sites for hydroxylation is 1. The highest BCUT2D eigenvalue weighted by atomic mass is 15.0. The quantitative estimate of drug-likeness (QED) is 0.597. The van der Waals surface area contributed by atoms with Crippen molar-refractivity contribution in [1.82, 2.24) is 4.57 Å². The van der Waals surface area contributed by atoms with Crippen molar-refractivity contribution in [2.75, 3.05) is 0 Å². The second-order valence-electron chi connectivity index (χ2n) is 6.31. The smallest absolute Gasteiger partial charge is 0.0485 e. The van der Waals surface area contributed by atoms with Gasteiger partial charge in [0, 0.05) is 17.3 Å². The number of unbranched alkanes of at least 4 members (excludes halogenated alkanes) is 2. The van der Waals surface area contributed by atoms with E-state index in [4.69, 9.17) is 0 Å². The zero-order valence-electron chi connectivity index (χ0n) is 12.8. The maximum absolute atomic E-state index is 2.68. The zero-order valence-corrected chi connectivity index (χ0v) is 12.8. The maximum atomic E-state index is 2.68. The SMILES string of the molecule is CCCCCc1cc2ccccc2n1C1CCCCC1. The van der Waals surface area contributed by atoms with Gasteiger partial charge in [0.25, 0.3) is 0 Å². The van der Waals surface area contributed by atoms with Gasteiger partial charge in [-0.1, -0.05) is 57.2 Å². The van der Waals surface area contributed by atoms with Gasteiger partial charge in [-0.25, -0.2) is 0 Å². The first-order chi connectivity index (χ1) is 9.90. The van der Waals surface area contributed by atoms with Crippen molar-refractivity contribution in [2.24, 2.45) is 0 Å². The minimum absolute atomic E-state index is 0.750. The van der Waals surface area contributed by atoms with E-state index in [1.54, 1.807) is 5.69 Å². The lowest BCUT2D eigenvalue weighted by atomic mass is 9.95. The number of benzene rings is 1. The third kappa shape index (κ3) is 2.77. The molecule has 3 rings (SSSR count). The number of nitrogens with zero attached hydrogens (tertiary/aromatic N) is 1. The Morgan fingerprint density at radius 2 is 1.85 bits per heavy atom. The number of fused-ring (bicyclic) bond motifs is 1. The van der Waals surface area contributed by atoms with Crippen LogP contribution >= 0.6 is 0 Å². The monoisotopic (exact) mass is 269 g/mol. The number of aromatic nitrogens is 1. The van der Waals surface area contributed by atoms with E-state index in [9.17, 15) is 0 Å². The topological polar surface area (TPSA) is 4.93 Å². The van der Waals surface area contributed by atoms with E-state index >= 15 is 0 Å². The van der Waals surface area contributed by atoms with Crippen LogP contribution in [0.5, 0.6) is 0 Å². The van der Waals surface area contributed by atoms with Crippen LogP contribution in [0.4, 0.5) is 0 Å². The Labute approximate surface area is 123 Å². The van der Waals surface area contributed by atoms with E-state index in [1.807, 2.05) is 0 Å². The second-order valence-corrected chi connectivity index (χ2v) is 6.31. The van der Waals surface area contributed by atoms with Crippen LogP contribution in [0.25, 0.3) is 10.9 Å². The van der Waals surface area contributed by atoms with Gasteiger partial charge in [0.1, 0.15) is 0 Å². The van der Waals surface area contributed by atoms with Crippen molar-refractivity contribution < 1.29 is 0 Å². The molecule has 2 aromatic rings. The molecule has 108 valence electrons. The standard InChI is InChI=1S/C19H27N/c1-2-3-5-13-18-15-16-10-8-9-14-19(16)20(18)17-11-6-4-7-12-17/h8-10,14-15,17H,2-7,11-13H2,1H3. The van der Waals surface area contributed by atoms with Gasteiger partial charge in [0.2, 0.25) is 0 Å². The van der Waals surface area contributed by atoms with Crippen molar-refractivity contribution in [2.45, 2.75) is 70.8 Å². The molecule has 1 heteroatoms. The molecule has 1 aromatic heterocycles. The molecule has 1 saturated carbocycles. The molecule has 0 aliphatic heterocycles. The lowest BCUT2D eigenvalue weighted by Gasteiger charge is -2.26. The molecule has 0 saturated heterocycles. The lowest BCUT2D eigenvalue weighted by molar-refractivity contribution is 0.353. The van der Waals surface area contributed by atoms with Crippen LogP contribution in [-0.4, -0.2) is 4.57 Å². The van der Waals surface area contributed by atoms with E-state index in [1.165, 1.54) is 68.7 Å². The lowest BCUT2D eigenvalue weighted by Crippen LogP contribution is -2.15. The Balaban J connectivity index is 1.94. The molecule has 0 N–H and O–H groups in total. The van der Waals surface area contributed by atoms with Gasteiger partial charge < -0.3 is 4.57 Å². The van der Waals surface area contributed by atoms with E-state index in [2.05, 4.69) is 41.8 Å². The van der Waals surface area contributed by atoms with Crippen molar-refractivity contribution in [3.63, 3.8) is 0 Å². The van der Waals surface area contributed by atoms with Gasteiger partial charge in [-0.3, -0.25) is 0 Å². The first-order valence-corrected chi connectivity index (χ1v) is 8.49. The Hall–Kier alpha value is -1.24. The van der Waals surface area contributed by atoms with E-state index < -0.39 is 0 Å². The Morgan fingerprint density at radius 1 is 1.05 bits per heavy atom. The van der Waals surface area contributed by atoms with Crippen LogP contribution in [-0.2, 0) is 6.42 Å². The normalized spacial score (nSPS) is 16.9. The van der Waals surface area contributed by atoms with Gasteiger partial charge in [0.05, 0.1) is 0 Å². The third-order valence-corrected chi connectivity index (χ3v) is 4.80. The molecule has 0 unspecified atom stereocenters. The Morgan fingerprint density at radius 3 is 2.65 bits per heavy atom. The van der Waals surface area contributed by atoms with Crippen LogP contribution < -0.4 is 0 Å². The number of para-hydroxylation sites is 1. The van der Waals surface area contributed by atoms with Crippen molar-refractivity contribution in [3.05, 3.63) is 36.0 Å². The van der Waals surface area contributed by atoms with E-state index in [-0.39, 0.29) is 0 Å². The second kappa shape index (κ2) is 6.47. The van der Waals surface area contributed by atoms with Crippen molar-refractivity contribution >= 4 is 10.9 Å². The third-order valence-electron chi connectivity index (χ3n) is 4.80. The summed E-state index contributed by atoms with van der Waals surface area (Å²) in [4.78, 5) is 0. The Kier molecular flexibility index (Phi) is 4.44. The van der Waals surface area contributed by atoms with Crippen LogP contribution in [0.2, 0.25) is 0 Å². The minimum Gasteiger partial charge on any atom is -0.342 e. The van der Waals surface area contributed by atoms with Crippen LogP contribution in [0.1, 0.15) is 70.0 Å².